The maximum absolute atomic E-state index is 11.6. The smallest absolute Gasteiger partial charge is 0.237 e. The van der Waals surface area contributed by atoms with E-state index in [4.69, 9.17) is 5.73 Å². The number of sulfone groups is 1. The number of rotatable bonds is 6. The molecule has 0 radical (unpaired) electrons. The molecule has 0 aromatic rings. The van der Waals surface area contributed by atoms with Gasteiger partial charge in [0.1, 0.15) is 5.75 Å². The fourth-order valence-corrected chi connectivity index (χ4v) is 1.85. The van der Waals surface area contributed by atoms with E-state index in [9.17, 15) is 13.2 Å². The second-order valence-electron chi connectivity index (χ2n) is 3.89. The summed E-state index contributed by atoms with van der Waals surface area (Å²) in [5.74, 6) is -0.767. The summed E-state index contributed by atoms with van der Waals surface area (Å²) in [6.45, 7) is 4.73. The third kappa shape index (κ3) is 6.46. The minimum Gasteiger partial charge on any atom is -0.339 e. The first-order valence-electron chi connectivity index (χ1n) is 4.95. The highest BCUT2D eigenvalue weighted by atomic mass is 32.2. The molecule has 0 atom stereocenters. The van der Waals surface area contributed by atoms with Crippen molar-refractivity contribution in [2.24, 2.45) is 5.73 Å². The Hall–Kier alpha value is -0.620. The summed E-state index contributed by atoms with van der Waals surface area (Å²) in [7, 11) is -3.25. The molecule has 0 saturated carbocycles. The Morgan fingerprint density at radius 2 is 1.93 bits per heavy atom. The van der Waals surface area contributed by atoms with Gasteiger partial charge in [-0.25, -0.2) is 8.42 Å². The van der Waals surface area contributed by atoms with Crippen LogP contribution in [0.15, 0.2) is 0 Å². The van der Waals surface area contributed by atoms with E-state index in [1.807, 2.05) is 13.8 Å². The number of nitrogens with zero attached hydrogens (tertiary/aromatic N) is 1. The molecule has 0 fully saturated rings. The molecule has 0 aromatic heterocycles. The number of hydrogen-bond acceptors (Lipinski definition) is 4. The lowest BCUT2D eigenvalue weighted by Gasteiger charge is -2.26. The standard InChI is InChI=1S/C9H20N2O3S/c1-8(2)11(6-4-5-10)9(12)7-15(3,13)14/h8H,4-7,10H2,1-3H3. The Balaban J connectivity index is 4.43. The summed E-state index contributed by atoms with van der Waals surface area (Å²) in [6, 6.07) is 0.00537. The molecule has 0 unspecified atom stereocenters. The third-order valence-electron chi connectivity index (χ3n) is 1.93. The molecular formula is C9H20N2O3S. The van der Waals surface area contributed by atoms with Crippen molar-refractivity contribution in [2.45, 2.75) is 26.3 Å². The van der Waals surface area contributed by atoms with E-state index >= 15 is 0 Å². The van der Waals surface area contributed by atoms with Crippen LogP contribution in [0, 0.1) is 0 Å². The topological polar surface area (TPSA) is 80.5 Å². The van der Waals surface area contributed by atoms with E-state index in [0.29, 0.717) is 19.5 Å². The highest BCUT2D eigenvalue weighted by Gasteiger charge is 2.20. The van der Waals surface area contributed by atoms with Crippen molar-refractivity contribution < 1.29 is 13.2 Å². The average molecular weight is 236 g/mol. The van der Waals surface area contributed by atoms with Crippen molar-refractivity contribution in [2.75, 3.05) is 25.1 Å². The largest absolute Gasteiger partial charge is 0.339 e. The molecule has 0 spiro atoms. The van der Waals surface area contributed by atoms with Crippen molar-refractivity contribution in [1.29, 1.82) is 0 Å². The number of amides is 1. The third-order valence-corrected chi connectivity index (χ3v) is 2.70. The Labute approximate surface area is 91.5 Å². The normalized spacial score (nSPS) is 11.8. The molecule has 1 amide bonds. The lowest BCUT2D eigenvalue weighted by atomic mass is 10.3. The van der Waals surface area contributed by atoms with Gasteiger partial charge in [0.05, 0.1) is 0 Å². The van der Waals surface area contributed by atoms with Gasteiger partial charge >= 0.3 is 0 Å². The molecule has 15 heavy (non-hydrogen) atoms. The predicted octanol–water partition coefficient (Wildman–Crippen LogP) is -0.383. The van der Waals surface area contributed by atoms with Gasteiger partial charge < -0.3 is 10.6 Å². The van der Waals surface area contributed by atoms with Crippen LogP contribution in [-0.2, 0) is 14.6 Å². The quantitative estimate of drug-likeness (QED) is 0.681. The van der Waals surface area contributed by atoms with Crippen LogP contribution >= 0.6 is 0 Å². The fraction of sp³-hybridized carbons (Fsp3) is 0.889. The Bertz CT molecular complexity index is 298. The van der Waals surface area contributed by atoms with Crippen LogP contribution < -0.4 is 5.73 Å². The molecule has 0 bridgehead atoms. The first-order valence-corrected chi connectivity index (χ1v) is 7.01. The zero-order chi connectivity index (χ0) is 12.1. The van der Waals surface area contributed by atoms with E-state index < -0.39 is 15.6 Å². The second-order valence-corrected chi connectivity index (χ2v) is 6.03. The van der Waals surface area contributed by atoms with Crippen molar-refractivity contribution in [3.63, 3.8) is 0 Å². The van der Waals surface area contributed by atoms with Gasteiger partial charge in [-0.2, -0.15) is 0 Å². The van der Waals surface area contributed by atoms with E-state index in [-0.39, 0.29) is 11.9 Å². The van der Waals surface area contributed by atoms with Crippen LogP contribution in [-0.4, -0.2) is 50.4 Å². The lowest BCUT2D eigenvalue weighted by molar-refractivity contribution is -0.130. The number of nitrogens with two attached hydrogens (primary N) is 1. The first-order chi connectivity index (χ1) is 6.78. The molecular weight excluding hydrogens is 216 g/mol. The van der Waals surface area contributed by atoms with Gasteiger partial charge in [-0.1, -0.05) is 0 Å². The predicted molar refractivity (Wildman–Crippen MR) is 60.2 cm³/mol. The minimum atomic E-state index is -3.25. The van der Waals surface area contributed by atoms with Gasteiger partial charge in [0.15, 0.2) is 9.84 Å². The maximum Gasteiger partial charge on any atom is 0.237 e. The molecule has 0 heterocycles. The van der Waals surface area contributed by atoms with Crippen molar-refractivity contribution >= 4 is 15.7 Å². The van der Waals surface area contributed by atoms with Gasteiger partial charge in [-0.3, -0.25) is 4.79 Å². The SMILES string of the molecule is CC(C)N(CCCN)C(=O)CS(C)(=O)=O. The molecule has 5 nitrogen and oxygen atoms in total. The highest BCUT2D eigenvalue weighted by Crippen LogP contribution is 2.02. The average Bonchev–Trinajstić information content (AvgIpc) is 2.00. The van der Waals surface area contributed by atoms with Gasteiger partial charge in [-0.05, 0) is 26.8 Å². The van der Waals surface area contributed by atoms with Gasteiger partial charge in [0.2, 0.25) is 5.91 Å². The monoisotopic (exact) mass is 236 g/mol. The van der Waals surface area contributed by atoms with E-state index in [1.165, 1.54) is 0 Å². The van der Waals surface area contributed by atoms with Crippen LogP contribution in [0.1, 0.15) is 20.3 Å². The zero-order valence-electron chi connectivity index (χ0n) is 9.56. The van der Waals surface area contributed by atoms with Crippen molar-refractivity contribution in [3.05, 3.63) is 0 Å². The van der Waals surface area contributed by atoms with Crippen LogP contribution in [0.4, 0.5) is 0 Å². The summed E-state index contributed by atoms with van der Waals surface area (Å²) >= 11 is 0. The fourth-order valence-electron chi connectivity index (χ4n) is 1.24. The zero-order valence-corrected chi connectivity index (χ0v) is 10.4. The Morgan fingerprint density at radius 1 is 1.40 bits per heavy atom. The summed E-state index contributed by atoms with van der Waals surface area (Å²) in [6.07, 6.45) is 1.75. The summed E-state index contributed by atoms with van der Waals surface area (Å²) in [5, 5.41) is 0. The first kappa shape index (κ1) is 14.4. The van der Waals surface area contributed by atoms with Gasteiger partial charge in [-0.15, -0.1) is 0 Å². The van der Waals surface area contributed by atoms with Crippen molar-refractivity contribution in [3.8, 4) is 0 Å². The van der Waals surface area contributed by atoms with E-state index in [0.717, 1.165) is 6.26 Å². The molecule has 0 aliphatic heterocycles. The molecule has 0 aliphatic carbocycles. The van der Waals surface area contributed by atoms with Gasteiger partial charge in [0, 0.05) is 18.8 Å². The van der Waals surface area contributed by atoms with E-state index in [1.54, 1.807) is 4.90 Å². The molecule has 90 valence electrons. The molecule has 0 aliphatic rings. The molecule has 2 N–H and O–H groups in total. The molecule has 0 saturated heterocycles. The number of carbonyl (C=O) groups excluding carboxylic acids is 1. The summed E-state index contributed by atoms with van der Waals surface area (Å²) in [5.41, 5.74) is 5.35. The van der Waals surface area contributed by atoms with Crippen molar-refractivity contribution in [1.82, 2.24) is 4.90 Å². The molecule has 0 rings (SSSR count). The van der Waals surface area contributed by atoms with Gasteiger partial charge in [0.25, 0.3) is 0 Å². The summed E-state index contributed by atoms with van der Waals surface area (Å²) < 4.78 is 21.9. The highest BCUT2D eigenvalue weighted by molar-refractivity contribution is 7.91. The Kier molecular flexibility index (Phi) is 5.82. The maximum atomic E-state index is 11.6. The van der Waals surface area contributed by atoms with E-state index in [2.05, 4.69) is 0 Å². The van der Waals surface area contributed by atoms with Crippen LogP contribution in [0.5, 0.6) is 0 Å². The van der Waals surface area contributed by atoms with Crippen LogP contribution in [0.3, 0.4) is 0 Å². The second kappa shape index (κ2) is 6.07. The Morgan fingerprint density at radius 3 is 2.27 bits per heavy atom. The molecule has 6 heteroatoms. The molecule has 0 aromatic carbocycles. The van der Waals surface area contributed by atoms with Crippen LogP contribution in [0.2, 0.25) is 0 Å². The number of hydrogen-bond donors (Lipinski definition) is 1. The summed E-state index contributed by atoms with van der Waals surface area (Å²) in [4.78, 5) is 13.2. The minimum absolute atomic E-state index is 0.00537. The lowest BCUT2D eigenvalue weighted by Crippen LogP contribution is -2.41. The number of carbonyl (C=O) groups is 1. The van der Waals surface area contributed by atoms with Crippen LogP contribution in [0.25, 0.3) is 0 Å².